The third-order valence-electron chi connectivity index (χ3n) is 2.45. The van der Waals surface area contributed by atoms with E-state index in [-0.39, 0.29) is 12.5 Å². The molecule has 0 bridgehead atoms. The average Bonchev–Trinajstić information content (AvgIpc) is 2.57. The van der Waals surface area contributed by atoms with Gasteiger partial charge in [0.15, 0.2) is 0 Å². The molecule has 0 spiro atoms. The third kappa shape index (κ3) is 2.11. The Hall–Kier alpha value is -1.59. The molecule has 0 radical (unpaired) electrons. The standard InChI is InChI=1S/C11H11ClN2O3/c1-17-6-8-10(15)14(11(16)13-8)9-5-3-2-4-7(9)12/h2-5,8H,6H2,1H3,(H,13,16). The first-order valence-corrected chi connectivity index (χ1v) is 5.41. The second-order valence-corrected chi connectivity index (χ2v) is 3.99. The number of hydrogen-bond acceptors (Lipinski definition) is 3. The first kappa shape index (κ1) is 11.9. The number of ether oxygens (including phenoxy) is 1. The van der Waals surface area contributed by atoms with Gasteiger partial charge in [-0.1, -0.05) is 23.7 Å². The number of benzene rings is 1. The van der Waals surface area contributed by atoms with Gasteiger partial charge in [0.05, 0.1) is 17.3 Å². The van der Waals surface area contributed by atoms with Crippen molar-refractivity contribution in [3.63, 3.8) is 0 Å². The molecule has 1 N–H and O–H groups in total. The molecule has 90 valence electrons. The van der Waals surface area contributed by atoms with Gasteiger partial charge in [-0.05, 0) is 12.1 Å². The molecule has 1 atom stereocenters. The molecule has 5 nitrogen and oxygen atoms in total. The van der Waals surface area contributed by atoms with Crippen molar-refractivity contribution in [2.75, 3.05) is 18.6 Å². The molecule has 6 heteroatoms. The van der Waals surface area contributed by atoms with E-state index in [1.807, 2.05) is 0 Å². The van der Waals surface area contributed by atoms with Crippen LogP contribution in [0.5, 0.6) is 0 Å². The van der Waals surface area contributed by atoms with Crippen LogP contribution in [0.4, 0.5) is 10.5 Å². The van der Waals surface area contributed by atoms with Crippen LogP contribution in [0.25, 0.3) is 0 Å². The lowest BCUT2D eigenvalue weighted by Gasteiger charge is -2.14. The second-order valence-electron chi connectivity index (χ2n) is 3.58. The van der Waals surface area contributed by atoms with E-state index in [0.29, 0.717) is 10.7 Å². The minimum atomic E-state index is -0.649. The molecule has 1 fully saturated rings. The lowest BCUT2D eigenvalue weighted by atomic mass is 10.2. The fraction of sp³-hybridized carbons (Fsp3) is 0.273. The number of carbonyl (C=O) groups excluding carboxylic acids is 2. The molecule has 1 aromatic carbocycles. The monoisotopic (exact) mass is 254 g/mol. The smallest absolute Gasteiger partial charge is 0.329 e. The van der Waals surface area contributed by atoms with Crippen LogP contribution in [0, 0.1) is 0 Å². The Morgan fingerprint density at radius 3 is 2.76 bits per heavy atom. The van der Waals surface area contributed by atoms with E-state index in [2.05, 4.69) is 5.32 Å². The highest BCUT2D eigenvalue weighted by atomic mass is 35.5. The molecular formula is C11H11ClN2O3. The summed E-state index contributed by atoms with van der Waals surface area (Å²) in [4.78, 5) is 24.7. The fourth-order valence-corrected chi connectivity index (χ4v) is 1.89. The van der Waals surface area contributed by atoms with Gasteiger partial charge < -0.3 is 10.1 Å². The first-order valence-electron chi connectivity index (χ1n) is 5.03. The van der Waals surface area contributed by atoms with Crippen LogP contribution in [0.1, 0.15) is 0 Å². The summed E-state index contributed by atoms with van der Waals surface area (Å²) in [6.07, 6.45) is 0. The van der Waals surface area contributed by atoms with Gasteiger partial charge in [-0.15, -0.1) is 0 Å². The number of methoxy groups -OCH3 is 1. The van der Waals surface area contributed by atoms with E-state index in [9.17, 15) is 9.59 Å². The number of nitrogens with one attached hydrogen (secondary N) is 1. The Balaban J connectivity index is 2.31. The zero-order valence-electron chi connectivity index (χ0n) is 9.14. The van der Waals surface area contributed by atoms with Gasteiger partial charge in [0.25, 0.3) is 5.91 Å². The van der Waals surface area contributed by atoms with Gasteiger partial charge in [0.1, 0.15) is 6.04 Å². The Morgan fingerprint density at radius 1 is 1.41 bits per heavy atom. The van der Waals surface area contributed by atoms with Crippen LogP contribution in [0.3, 0.4) is 0 Å². The molecule has 0 aromatic heterocycles. The Labute approximate surface area is 103 Å². The molecule has 1 saturated heterocycles. The van der Waals surface area contributed by atoms with Gasteiger partial charge in [-0.25, -0.2) is 9.69 Å². The zero-order chi connectivity index (χ0) is 12.4. The van der Waals surface area contributed by atoms with Crippen molar-refractivity contribution >= 4 is 29.2 Å². The molecule has 1 aliphatic rings. The zero-order valence-corrected chi connectivity index (χ0v) is 9.90. The number of amides is 3. The lowest BCUT2D eigenvalue weighted by Crippen LogP contribution is -2.34. The summed E-state index contributed by atoms with van der Waals surface area (Å²) in [5.41, 5.74) is 0.385. The molecule has 0 saturated carbocycles. The summed E-state index contributed by atoms with van der Waals surface area (Å²) in [6, 6.07) is 5.56. The molecule has 1 unspecified atom stereocenters. The van der Waals surface area contributed by atoms with E-state index in [0.717, 1.165) is 4.90 Å². The van der Waals surface area contributed by atoms with Crippen LogP contribution in [0.15, 0.2) is 24.3 Å². The van der Waals surface area contributed by atoms with Crippen LogP contribution >= 0.6 is 11.6 Å². The van der Waals surface area contributed by atoms with Gasteiger partial charge in [0.2, 0.25) is 0 Å². The summed E-state index contributed by atoms with van der Waals surface area (Å²) < 4.78 is 4.86. The van der Waals surface area contributed by atoms with Gasteiger partial charge in [-0.3, -0.25) is 4.79 Å². The molecule has 2 rings (SSSR count). The molecular weight excluding hydrogens is 244 g/mol. The van der Waals surface area contributed by atoms with E-state index >= 15 is 0 Å². The minimum Gasteiger partial charge on any atom is -0.382 e. The number of urea groups is 1. The summed E-state index contributed by atoms with van der Waals surface area (Å²) >= 11 is 5.95. The highest BCUT2D eigenvalue weighted by Crippen LogP contribution is 2.27. The van der Waals surface area contributed by atoms with Gasteiger partial charge >= 0.3 is 6.03 Å². The van der Waals surface area contributed by atoms with E-state index in [4.69, 9.17) is 16.3 Å². The van der Waals surface area contributed by atoms with Crippen molar-refractivity contribution in [2.24, 2.45) is 0 Å². The Morgan fingerprint density at radius 2 is 2.12 bits per heavy atom. The van der Waals surface area contributed by atoms with Crippen molar-refractivity contribution in [2.45, 2.75) is 6.04 Å². The number of carbonyl (C=O) groups is 2. The largest absolute Gasteiger partial charge is 0.382 e. The predicted molar refractivity (Wildman–Crippen MR) is 63.1 cm³/mol. The second kappa shape index (κ2) is 4.73. The van der Waals surface area contributed by atoms with Crippen LogP contribution < -0.4 is 10.2 Å². The maximum Gasteiger partial charge on any atom is 0.329 e. The van der Waals surface area contributed by atoms with E-state index in [1.54, 1.807) is 24.3 Å². The van der Waals surface area contributed by atoms with Crippen molar-refractivity contribution < 1.29 is 14.3 Å². The van der Waals surface area contributed by atoms with Crippen molar-refractivity contribution in [3.8, 4) is 0 Å². The van der Waals surface area contributed by atoms with Crippen molar-refractivity contribution in [1.82, 2.24) is 5.32 Å². The maximum atomic E-state index is 12.0. The minimum absolute atomic E-state index is 0.144. The molecule has 1 heterocycles. The van der Waals surface area contributed by atoms with Crippen molar-refractivity contribution in [1.29, 1.82) is 0 Å². The first-order chi connectivity index (χ1) is 8.15. The molecule has 1 aliphatic heterocycles. The Kier molecular flexibility index (Phi) is 3.31. The highest BCUT2D eigenvalue weighted by Gasteiger charge is 2.39. The van der Waals surface area contributed by atoms with Gasteiger partial charge in [-0.2, -0.15) is 0 Å². The predicted octanol–water partition coefficient (Wildman–Crippen LogP) is 1.41. The van der Waals surface area contributed by atoms with Crippen LogP contribution in [-0.2, 0) is 9.53 Å². The van der Waals surface area contributed by atoms with E-state index < -0.39 is 12.1 Å². The number of rotatable bonds is 3. The number of imide groups is 1. The van der Waals surface area contributed by atoms with Gasteiger partial charge in [0, 0.05) is 7.11 Å². The fourth-order valence-electron chi connectivity index (χ4n) is 1.67. The number of anilines is 1. The topological polar surface area (TPSA) is 58.6 Å². The Bertz CT molecular complexity index is 464. The normalized spacial score (nSPS) is 19.6. The summed E-state index contributed by atoms with van der Waals surface area (Å²) in [7, 11) is 1.47. The molecule has 17 heavy (non-hydrogen) atoms. The number of para-hydroxylation sites is 1. The number of halogens is 1. The molecule has 1 aromatic rings. The summed E-state index contributed by atoms with van der Waals surface area (Å²) in [6.45, 7) is 0.144. The molecule has 3 amide bonds. The number of hydrogen-bond donors (Lipinski definition) is 1. The quantitative estimate of drug-likeness (QED) is 0.830. The summed E-state index contributed by atoms with van der Waals surface area (Å²) in [5.74, 6) is -0.357. The van der Waals surface area contributed by atoms with E-state index in [1.165, 1.54) is 7.11 Å². The van der Waals surface area contributed by atoms with Crippen LogP contribution in [-0.4, -0.2) is 31.7 Å². The lowest BCUT2D eigenvalue weighted by molar-refractivity contribution is -0.119. The maximum absolute atomic E-state index is 12.0. The SMILES string of the molecule is COCC1NC(=O)N(c2ccccc2Cl)C1=O. The summed E-state index contributed by atoms with van der Waals surface area (Å²) in [5, 5.41) is 2.89. The van der Waals surface area contributed by atoms with Crippen LogP contribution in [0.2, 0.25) is 5.02 Å². The molecule has 0 aliphatic carbocycles. The highest BCUT2D eigenvalue weighted by molar-refractivity contribution is 6.35. The average molecular weight is 255 g/mol. The number of nitrogens with zero attached hydrogens (tertiary/aromatic N) is 1. The third-order valence-corrected chi connectivity index (χ3v) is 2.77. The van der Waals surface area contributed by atoms with Crippen molar-refractivity contribution in [3.05, 3.63) is 29.3 Å².